The molecule has 1 aliphatic rings. The number of rotatable bonds is 5. The van der Waals surface area contributed by atoms with Crippen LogP contribution >= 0.6 is 0 Å². The van der Waals surface area contributed by atoms with Crippen LogP contribution in [-0.2, 0) is 4.74 Å². The van der Waals surface area contributed by atoms with Gasteiger partial charge in [-0.15, -0.1) is 0 Å². The molecule has 0 saturated heterocycles. The number of nitro groups is 1. The molecule has 0 radical (unpaired) electrons. The van der Waals surface area contributed by atoms with Crippen molar-refractivity contribution in [3.8, 4) is 0 Å². The number of nitro benzene ring substituents is 1. The number of non-ortho nitro benzene ring substituents is 1. The SMILES string of the molecule is CCOC1CC(Nc2ccc([N+](=O)[O-])cc2C)C1(C)C. The fourth-order valence-electron chi connectivity index (χ4n) is 2.73. The lowest BCUT2D eigenvalue weighted by Gasteiger charge is -2.52. The minimum Gasteiger partial charge on any atom is -0.381 e. The van der Waals surface area contributed by atoms with Crippen LogP contribution < -0.4 is 5.32 Å². The molecule has 1 aromatic rings. The van der Waals surface area contributed by atoms with E-state index >= 15 is 0 Å². The smallest absolute Gasteiger partial charge is 0.269 e. The number of hydrogen-bond acceptors (Lipinski definition) is 4. The Morgan fingerprint density at radius 2 is 2.20 bits per heavy atom. The van der Waals surface area contributed by atoms with E-state index in [9.17, 15) is 10.1 Å². The highest BCUT2D eigenvalue weighted by atomic mass is 16.6. The quantitative estimate of drug-likeness (QED) is 0.661. The van der Waals surface area contributed by atoms with Crippen molar-refractivity contribution in [2.45, 2.75) is 46.3 Å². The maximum atomic E-state index is 10.7. The Morgan fingerprint density at radius 1 is 1.50 bits per heavy atom. The molecule has 110 valence electrons. The Hall–Kier alpha value is -1.62. The monoisotopic (exact) mass is 278 g/mol. The number of nitrogens with zero attached hydrogens (tertiary/aromatic N) is 1. The zero-order valence-electron chi connectivity index (χ0n) is 12.5. The van der Waals surface area contributed by atoms with Gasteiger partial charge in [0.2, 0.25) is 0 Å². The third-order valence-corrected chi connectivity index (χ3v) is 4.30. The van der Waals surface area contributed by atoms with Crippen molar-refractivity contribution in [3.05, 3.63) is 33.9 Å². The Morgan fingerprint density at radius 3 is 2.70 bits per heavy atom. The minimum absolute atomic E-state index is 0.0736. The third kappa shape index (κ3) is 2.63. The second kappa shape index (κ2) is 5.40. The van der Waals surface area contributed by atoms with Gasteiger partial charge in [0.25, 0.3) is 5.69 Å². The first-order valence-corrected chi connectivity index (χ1v) is 6.99. The summed E-state index contributed by atoms with van der Waals surface area (Å²) < 4.78 is 5.71. The van der Waals surface area contributed by atoms with E-state index in [4.69, 9.17) is 4.74 Å². The van der Waals surface area contributed by atoms with Gasteiger partial charge in [0.15, 0.2) is 0 Å². The minimum atomic E-state index is -0.366. The van der Waals surface area contributed by atoms with Gasteiger partial charge >= 0.3 is 0 Å². The van der Waals surface area contributed by atoms with E-state index < -0.39 is 0 Å². The molecule has 5 nitrogen and oxygen atoms in total. The van der Waals surface area contributed by atoms with Crippen molar-refractivity contribution in [2.75, 3.05) is 11.9 Å². The number of anilines is 1. The van der Waals surface area contributed by atoms with Crippen molar-refractivity contribution in [3.63, 3.8) is 0 Å². The van der Waals surface area contributed by atoms with Crippen LogP contribution in [0.3, 0.4) is 0 Å². The van der Waals surface area contributed by atoms with Gasteiger partial charge in [0.05, 0.1) is 11.0 Å². The first-order chi connectivity index (χ1) is 9.36. The summed E-state index contributed by atoms with van der Waals surface area (Å²) in [5.74, 6) is 0. The van der Waals surface area contributed by atoms with Crippen LogP contribution in [0.25, 0.3) is 0 Å². The summed E-state index contributed by atoms with van der Waals surface area (Å²) in [6.07, 6.45) is 1.25. The molecule has 2 atom stereocenters. The van der Waals surface area contributed by atoms with E-state index in [2.05, 4.69) is 19.2 Å². The molecule has 5 heteroatoms. The Bertz CT molecular complexity index is 514. The maximum absolute atomic E-state index is 10.7. The summed E-state index contributed by atoms with van der Waals surface area (Å²) in [5.41, 5.74) is 2.07. The second-order valence-electron chi connectivity index (χ2n) is 5.95. The largest absolute Gasteiger partial charge is 0.381 e. The van der Waals surface area contributed by atoms with Crippen LogP contribution in [0.1, 0.15) is 32.8 Å². The molecule has 20 heavy (non-hydrogen) atoms. The van der Waals surface area contributed by atoms with Crippen molar-refractivity contribution >= 4 is 11.4 Å². The van der Waals surface area contributed by atoms with Crippen molar-refractivity contribution < 1.29 is 9.66 Å². The molecular weight excluding hydrogens is 256 g/mol. The predicted octanol–water partition coefficient (Wildman–Crippen LogP) is 3.52. The first kappa shape index (κ1) is 14.8. The van der Waals surface area contributed by atoms with E-state index in [1.54, 1.807) is 18.2 Å². The van der Waals surface area contributed by atoms with E-state index in [1.165, 1.54) is 0 Å². The first-order valence-electron chi connectivity index (χ1n) is 6.99. The van der Waals surface area contributed by atoms with Crippen molar-refractivity contribution in [1.82, 2.24) is 0 Å². The normalized spacial score (nSPS) is 24.0. The zero-order chi connectivity index (χ0) is 14.9. The number of nitrogens with one attached hydrogen (secondary N) is 1. The Labute approximate surface area is 119 Å². The number of hydrogen-bond donors (Lipinski definition) is 1. The summed E-state index contributed by atoms with van der Waals surface area (Å²) >= 11 is 0. The number of ether oxygens (including phenoxy) is 1. The van der Waals surface area contributed by atoms with Crippen LogP contribution in [0, 0.1) is 22.5 Å². The average molecular weight is 278 g/mol. The lowest BCUT2D eigenvalue weighted by atomic mass is 9.64. The van der Waals surface area contributed by atoms with Gasteiger partial charge in [-0.05, 0) is 31.9 Å². The molecule has 0 heterocycles. The molecular formula is C15H22N2O3. The molecule has 1 N–H and O–H groups in total. The fourth-order valence-corrected chi connectivity index (χ4v) is 2.73. The summed E-state index contributed by atoms with van der Waals surface area (Å²) in [6, 6.07) is 5.27. The van der Waals surface area contributed by atoms with Gasteiger partial charge in [0, 0.05) is 35.9 Å². The molecule has 0 aliphatic heterocycles. The maximum Gasteiger partial charge on any atom is 0.269 e. The summed E-state index contributed by atoms with van der Waals surface area (Å²) in [4.78, 5) is 10.4. The molecule has 0 aromatic heterocycles. The molecule has 1 fully saturated rings. The lowest BCUT2D eigenvalue weighted by Crippen LogP contribution is -2.58. The number of aryl methyl sites for hydroxylation is 1. The van der Waals surface area contributed by atoms with Crippen molar-refractivity contribution in [1.29, 1.82) is 0 Å². The Balaban J connectivity index is 2.07. The van der Waals surface area contributed by atoms with Crippen LogP contribution in [0.15, 0.2) is 18.2 Å². The van der Waals surface area contributed by atoms with E-state index in [0.29, 0.717) is 6.04 Å². The molecule has 0 spiro atoms. The highest BCUT2D eigenvalue weighted by molar-refractivity contribution is 5.56. The van der Waals surface area contributed by atoms with Gasteiger partial charge in [-0.2, -0.15) is 0 Å². The second-order valence-corrected chi connectivity index (χ2v) is 5.95. The topological polar surface area (TPSA) is 64.4 Å². The predicted molar refractivity (Wildman–Crippen MR) is 79.1 cm³/mol. The summed E-state index contributed by atoms with van der Waals surface area (Å²) in [7, 11) is 0. The summed E-state index contributed by atoms with van der Waals surface area (Å²) in [6.45, 7) is 9.01. The third-order valence-electron chi connectivity index (χ3n) is 4.30. The van der Waals surface area contributed by atoms with E-state index in [1.807, 2.05) is 13.8 Å². The van der Waals surface area contributed by atoms with Crippen LogP contribution in [0.5, 0.6) is 0 Å². The van der Waals surface area contributed by atoms with Gasteiger partial charge in [-0.3, -0.25) is 10.1 Å². The van der Waals surface area contributed by atoms with E-state index in [-0.39, 0.29) is 22.1 Å². The highest BCUT2D eigenvalue weighted by Crippen LogP contribution is 2.44. The van der Waals surface area contributed by atoms with Crippen molar-refractivity contribution in [2.24, 2.45) is 5.41 Å². The summed E-state index contributed by atoms with van der Waals surface area (Å²) in [5, 5.41) is 14.2. The zero-order valence-corrected chi connectivity index (χ0v) is 12.5. The molecule has 1 aromatic carbocycles. The van der Waals surface area contributed by atoms with E-state index in [0.717, 1.165) is 24.3 Å². The standard InChI is InChI=1S/C15H22N2O3/c1-5-20-14-9-13(15(14,3)4)16-12-7-6-11(17(18)19)8-10(12)2/h6-8,13-14,16H,5,9H2,1-4H3. The van der Waals surface area contributed by atoms with Gasteiger partial charge in [0.1, 0.15) is 0 Å². The fraction of sp³-hybridized carbons (Fsp3) is 0.600. The van der Waals surface area contributed by atoms with Crippen LogP contribution in [0.2, 0.25) is 0 Å². The molecule has 1 aliphatic carbocycles. The van der Waals surface area contributed by atoms with Gasteiger partial charge in [-0.25, -0.2) is 0 Å². The van der Waals surface area contributed by atoms with Gasteiger partial charge in [-0.1, -0.05) is 13.8 Å². The molecule has 2 unspecified atom stereocenters. The molecule has 1 saturated carbocycles. The van der Waals surface area contributed by atoms with Crippen LogP contribution in [0.4, 0.5) is 11.4 Å². The highest BCUT2D eigenvalue weighted by Gasteiger charge is 2.48. The molecule has 2 rings (SSSR count). The molecule has 0 bridgehead atoms. The lowest BCUT2D eigenvalue weighted by molar-refractivity contribution is -0.384. The number of benzene rings is 1. The average Bonchev–Trinajstić information content (AvgIpc) is 2.39. The Kier molecular flexibility index (Phi) is 3.99. The van der Waals surface area contributed by atoms with Crippen LogP contribution in [-0.4, -0.2) is 23.7 Å². The molecule has 0 amide bonds. The van der Waals surface area contributed by atoms with Gasteiger partial charge < -0.3 is 10.1 Å².